The fourth-order valence-corrected chi connectivity index (χ4v) is 1.57. The minimum Gasteiger partial charge on any atom is -0.507 e. The number of nitrogens with zero attached hydrogens (tertiary/aromatic N) is 1. The van der Waals surface area contributed by atoms with Crippen LogP contribution < -0.4 is 0 Å². The highest BCUT2D eigenvalue weighted by atomic mass is 35.5. The summed E-state index contributed by atoms with van der Waals surface area (Å²) in [6.45, 7) is 0. The van der Waals surface area contributed by atoms with Crippen molar-refractivity contribution in [3.63, 3.8) is 0 Å². The number of halogens is 1. The molecule has 0 atom stereocenters. The number of phenols is 1. The standard InChI is InChI=1S/C12H8ClNO2/c13-9-3-1-8(2-4-9)11-7-10(14-16)5-6-12(11)15/h1-7,15H. The van der Waals surface area contributed by atoms with Crippen molar-refractivity contribution in [2.24, 2.45) is 5.18 Å². The molecular formula is C12H8ClNO2. The molecule has 16 heavy (non-hydrogen) atoms. The van der Waals surface area contributed by atoms with Gasteiger partial charge < -0.3 is 5.11 Å². The Labute approximate surface area is 97.3 Å². The molecule has 0 unspecified atom stereocenters. The maximum absolute atomic E-state index is 10.4. The molecule has 2 aromatic carbocycles. The average molecular weight is 234 g/mol. The van der Waals surface area contributed by atoms with Crippen LogP contribution in [0.25, 0.3) is 11.1 Å². The number of phenolic OH excluding ortho intramolecular Hbond substituents is 1. The fraction of sp³-hybridized carbons (Fsp3) is 0. The molecule has 0 aromatic heterocycles. The van der Waals surface area contributed by atoms with E-state index in [0.29, 0.717) is 10.6 Å². The zero-order valence-electron chi connectivity index (χ0n) is 8.22. The molecule has 0 aliphatic rings. The monoisotopic (exact) mass is 233 g/mol. The summed E-state index contributed by atoms with van der Waals surface area (Å²) >= 11 is 5.77. The molecule has 80 valence electrons. The van der Waals surface area contributed by atoms with Crippen molar-refractivity contribution in [3.05, 3.63) is 52.4 Å². The zero-order chi connectivity index (χ0) is 11.5. The minimum absolute atomic E-state index is 0.106. The Morgan fingerprint density at radius 1 is 1.06 bits per heavy atom. The highest BCUT2D eigenvalue weighted by molar-refractivity contribution is 6.30. The summed E-state index contributed by atoms with van der Waals surface area (Å²) in [5.41, 5.74) is 1.63. The number of aromatic hydroxyl groups is 1. The van der Waals surface area contributed by atoms with Crippen LogP contribution in [-0.2, 0) is 0 Å². The Morgan fingerprint density at radius 2 is 1.75 bits per heavy atom. The summed E-state index contributed by atoms with van der Waals surface area (Å²) in [7, 11) is 0. The van der Waals surface area contributed by atoms with Crippen LogP contribution in [0.3, 0.4) is 0 Å². The van der Waals surface area contributed by atoms with Gasteiger partial charge in [-0.3, -0.25) is 0 Å². The van der Waals surface area contributed by atoms with Gasteiger partial charge in [0.1, 0.15) is 11.4 Å². The molecule has 0 fully saturated rings. The molecule has 1 N–H and O–H groups in total. The molecule has 0 saturated heterocycles. The van der Waals surface area contributed by atoms with Gasteiger partial charge in [0, 0.05) is 10.6 Å². The summed E-state index contributed by atoms with van der Waals surface area (Å²) in [5, 5.41) is 13.1. The zero-order valence-corrected chi connectivity index (χ0v) is 8.98. The van der Waals surface area contributed by atoms with E-state index in [9.17, 15) is 10.0 Å². The van der Waals surface area contributed by atoms with Gasteiger partial charge in [-0.2, -0.15) is 0 Å². The van der Waals surface area contributed by atoms with Gasteiger partial charge in [0.05, 0.1) is 0 Å². The molecule has 0 radical (unpaired) electrons. The van der Waals surface area contributed by atoms with Crippen LogP contribution in [0.2, 0.25) is 5.02 Å². The lowest BCUT2D eigenvalue weighted by Crippen LogP contribution is -1.78. The Balaban J connectivity index is 2.54. The summed E-state index contributed by atoms with van der Waals surface area (Å²) < 4.78 is 0. The van der Waals surface area contributed by atoms with E-state index in [1.165, 1.54) is 18.2 Å². The van der Waals surface area contributed by atoms with Crippen molar-refractivity contribution >= 4 is 17.3 Å². The first-order valence-electron chi connectivity index (χ1n) is 4.63. The molecule has 0 aliphatic heterocycles. The van der Waals surface area contributed by atoms with Crippen LogP contribution in [-0.4, -0.2) is 5.11 Å². The van der Waals surface area contributed by atoms with Gasteiger partial charge in [-0.05, 0) is 41.1 Å². The highest BCUT2D eigenvalue weighted by Gasteiger charge is 2.05. The predicted octanol–water partition coefficient (Wildman–Crippen LogP) is 4.11. The van der Waals surface area contributed by atoms with Gasteiger partial charge in [0.15, 0.2) is 0 Å². The number of hydrogen-bond acceptors (Lipinski definition) is 3. The van der Waals surface area contributed by atoms with Gasteiger partial charge in [-0.25, -0.2) is 0 Å². The highest BCUT2D eigenvalue weighted by Crippen LogP contribution is 2.33. The third-order valence-electron chi connectivity index (χ3n) is 2.24. The topological polar surface area (TPSA) is 49.7 Å². The van der Waals surface area contributed by atoms with Gasteiger partial charge in [0.2, 0.25) is 0 Å². The van der Waals surface area contributed by atoms with E-state index in [1.807, 2.05) is 0 Å². The molecular weight excluding hydrogens is 226 g/mol. The quantitative estimate of drug-likeness (QED) is 0.794. The molecule has 0 saturated carbocycles. The van der Waals surface area contributed by atoms with E-state index in [0.717, 1.165) is 5.56 Å². The summed E-state index contributed by atoms with van der Waals surface area (Å²) in [6.07, 6.45) is 0. The van der Waals surface area contributed by atoms with Gasteiger partial charge >= 0.3 is 0 Å². The van der Waals surface area contributed by atoms with Crippen LogP contribution in [0.4, 0.5) is 5.69 Å². The first kappa shape index (κ1) is 10.6. The van der Waals surface area contributed by atoms with Crippen molar-refractivity contribution in [1.29, 1.82) is 0 Å². The SMILES string of the molecule is O=Nc1ccc(O)c(-c2ccc(Cl)cc2)c1. The minimum atomic E-state index is 0.106. The summed E-state index contributed by atoms with van der Waals surface area (Å²) in [4.78, 5) is 10.4. The van der Waals surface area contributed by atoms with Crippen LogP contribution in [0, 0.1) is 4.91 Å². The number of hydrogen-bond donors (Lipinski definition) is 1. The molecule has 0 aliphatic carbocycles. The van der Waals surface area contributed by atoms with Crippen LogP contribution in [0.15, 0.2) is 47.6 Å². The summed E-state index contributed by atoms with van der Waals surface area (Å²) in [5.74, 6) is 0.106. The smallest absolute Gasteiger partial charge is 0.123 e. The number of benzene rings is 2. The first-order chi connectivity index (χ1) is 7.70. The Bertz CT molecular complexity index is 523. The third-order valence-corrected chi connectivity index (χ3v) is 2.49. The largest absolute Gasteiger partial charge is 0.507 e. The van der Waals surface area contributed by atoms with E-state index in [-0.39, 0.29) is 11.4 Å². The van der Waals surface area contributed by atoms with Crippen molar-refractivity contribution in [2.75, 3.05) is 0 Å². The van der Waals surface area contributed by atoms with Crippen molar-refractivity contribution in [3.8, 4) is 16.9 Å². The van der Waals surface area contributed by atoms with Gasteiger partial charge in [-0.1, -0.05) is 23.7 Å². The molecule has 0 bridgehead atoms. The van der Waals surface area contributed by atoms with E-state index in [1.54, 1.807) is 24.3 Å². The molecule has 3 nitrogen and oxygen atoms in total. The molecule has 0 spiro atoms. The van der Waals surface area contributed by atoms with E-state index in [4.69, 9.17) is 11.6 Å². The van der Waals surface area contributed by atoms with Gasteiger partial charge in [-0.15, -0.1) is 4.91 Å². The second-order valence-electron chi connectivity index (χ2n) is 3.30. The Morgan fingerprint density at radius 3 is 2.38 bits per heavy atom. The molecule has 0 amide bonds. The van der Waals surface area contributed by atoms with E-state index >= 15 is 0 Å². The van der Waals surface area contributed by atoms with Crippen LogP contribution >= 0.6 is 11.6 Å². The Hall–Kier alpha value is -1.87. The lowest BCUT2D eigenvalue weighted by molar-refractivity contribution is 0.477. The predicted molar refractivity (Wildman–Crippen MR) is 64.0 cm³/mol. The molecule has 4 heteroatoms. The number of rotatable bonds is 2. The van der Waals surface area contributed by atoms with Crippen LogP contribution in [0.5, 0.6) is 5.75 Å². The molecule has 2 aromatic rings. The molecule has 0 heterocycles. The lowest BCUT2D eigenvalue weighted by Gasteiger charge is -2.05. The fourth-order valence-electron chi connectivity index (χ4n) is 1.44. The first-order valence-corrected chi connectivity index (χ1v) is 5.01. The maximum atomic E-state index is 10.4. The molecule has 2 rings (SSSR count). The van der Waals surface area contributed by atoms with Crippen LogP contribution in [0.1, 0.15) is 0 Å². The van der Waals surface area contributed by atoms with Gasteiger partial charge in [0.25, 0.3) is 0 Å². The van der Waals surface area contributed by atoms with Crippen molar-refractivity contribution in [1.82, 2.24) is 0 Å². The van der Waals surface area contributed by atoms with Crippen molar-refractivity contribution < 1.29 is 5.11 Å². The lowest BCUT2D eigenvalue weighted by atomic mass is 10.0. The maximum Gasteiger partial charge on any atom is 0.123 e. The second-order valence-corrected chi connectivity index (χ2v) is 3.74. The van der Waals surface area contributed by atoms with E-state index < -0.39 is 0 Å². The van der Waals surface area contributed by atoms with E-state index in [2.05, 4.69) is 5.18 Å². The third kappa shape index (κ3) is 2.04. The number of nitroso groups, excluding NO2 is 1. The average Bonchev–Trinajstić information content (AvgIpc) is 2.31. The second kappa shape index (κ2) is 4.33. The normalized spacial score (nSPS) is 10.1. The summed E-state index contributed by atoms with van der Waals surface area (Å²) in [6, 6.07) is 11.4. The van der Waals surface area contributed by atoms with Crippen molar-refractivity contribution in [2.45, 2.75) is 0 Å². The Kier molecular flexibility index (Phi) is 2.88.